The lowest BCUT2D eigenvalue weighted by atomic mass is 10.1. The lowest BCUT2D eigenvalue weighted by Crippen LogP contribution is -3.07. The van der Waals surface area contributed by atoms with Crippen LogP contribution in [-0.4, -0.2) is 24.0 Å². The Bertz CT molecular complexity index is 396. The van der Waals surface area contributed by atoms with Gasteiger partial charge in [0.25, 0.3) is 0 Å². The van der Waals surface area contributed by atoms with Crippen molar-refractivity contribution in [2.24, 2.45) is 0 Å². The zero-order chi connectivity index (χ0) is 13.2. The third-order valence-electron chi connectivity index (χ3n) is 3.00. The van der Waals surface area contributed by atoms with E-state index in [1.807, 2.05) is 45.9 Å². The van der Waals surface area contributed by atoms with Crippen molar-refractivity contribution in [1.82, 2.24) is 4.90 Å². The molecule has 17 heavy (non-hydrogen) atoms. The zero-order valence-corrected chi connectivity index (χ0v) is 11.1. The molecule has 1 rings (SSSR count). The Balaban J connectivity index is 3.05. The van der Waals surface area contributed by atoms with Gasteiger partial charge in [0.05, 0.1) is 0 Å². The normalized spacial score (nSPS) is 12.6. The van der Waals surface area contributed by atoms with Gasteiger partial charge in [0.2, 0.25) is 0 Å². The number of amides is 2. The lowest BCUT2D eigenvalue weighted by Gasteiger charge is -2.29. The first-order chi connectivity index (χ1) is 7.86. The Morgan fingerprint density at radius 2 is 1.76 bits per heavy atom. The van der Waals surface area contributed by atoms with Gasteiger partial charge in [0.1, 0.15) is 5.69 Å². The molecule has 1 N–H and O–H groups in total. The van der Waals surface area contributed by atoms with Crippen LogP contribution in [0.25, 0.3) is 0 Å². The highest BCUT2D eigenvalue weighted by molar-refractivity contribution is 5.69. The molecule has 0 spiro atoms. The predicted molar refractivity (Wildman–Crippen MR) is 68.2 cm³/mol. The summed E-state index contributed by atoms with van der Waals surface area (Å²) in [5.74, 6) is 0. The Morgan fingerprint density at radius 1 is 1.29 bits per heavy atom. The largest absolute Gasteiger partial charge is 0.620 e. The summed E-state index contributed by atoms with van der Waals surface area (Å²) in [4.78, 5) is 13.4. The zero-order valence-electron chi connectivity index (χ0n) is 11.1. The van der Waals surface area contributed by atoms with Gasteiger partial charge in [-0.3, -0.25) is 9.96 Å². The number of hydroxylamine groups is 1. The molecule has 0 aromatic heterocycles. The molecule has 0 fully saturated rings. The van der Waals surface area contributed by atoms with E-state index in [2.05, 4.69) is 0 Å². The van der Waals surface area contributed by atoms with Crippen LogP contribution in [0.4, 0.5) is 10.5 Å². The molecule has 0 aliphatic heterocycles. The van der Waals surface area contributed by atoms with Gasteiger partial charge in [-0.25, -0.2) is 4.79 Å². The van der Waals surface area contributed by atoms with Crippen LogP contribution >= 0.6 is 0 Å². The summed E-state index contributed by atoms with van der Waals surface area (Å²) in [5, 5.41) is 11.7. The third kappa shape index (κ3) is 2.84. The number of quaternary nitrogens is 1. The first kappa shape index (κ1) is 13.7. The summed E-state index contributed by atoms with van der Waals surface area (Å²) < 4.78 is 0. The van der Waals surface area contributed by atoms with Crippen LogP contribution in [0.1, 0.15) is 25.0 Å². The van der Waals surface area contributed by atoms with Crippen molar-refractivity contribution in [1.29, 1.82) is 0 Å². The minimum Gasteiger partial charge on any atom is -0.620 e. The van der Waals surface area contributed by atoms with Crippen LogP contribution in [0.2, 0.25) is 0 Å². The molecule has 0 aliphatic carbocycles. The quantitative estimate of drug-likeness (QED) is 0.796. The summed E-state index contributed by atoms with van der Waals surface area (Å²) in [6, 6.07) is 5.16. The summed E-state index contributed by atoms with van der Waals surface area (Å²) in [6.45, 7) is 7.47. The lowest BCUT2D eigenvalue weighted by molar-refractivity contribution is -0.687. The second-order valence-electron chi connectivity index (χ2n) is 4.61. The van der Waals surface area contributed by atoms with E-state index in [-0.39, 0.29) is 6.04 Å². The molecule has 1 aromatic rings. The molecule has 0 bridgehead atoms. The van der Waals surface area contributed by atoms with E-state index in [1.54, 1.807) is 7.05 Å². The number of carbonyl (C=O) groups is 1. The average molecular weight is 236 g/mol. The fourth-order valence-electron chi connectivity index (χ4n) is 1.67. The topological polar surface area (TPSA) is 47.8 Å². The average Bonchev–Trinajstić information content (AvgIpc) is 2.26. The third-order valence-corrected chi connectivity index (χ3v) is 3.00. The van der Waals surface area contributed by atoms with Gasteiger partial charge in [0.15, 0.2) is 0 Å². The van der Waals surface area contributed by atoms with E-state index < -0.39 is 11.1 Å². The summed E-state index contributed by atoms with van der Waals surface area (Å²) in [5.41, 5.74) is 2.23. The maximum Gasteiger partial charge on any atom is 0.422 e. The number of urea groups is 1. The summed E-state index contributed by atoms with van der Waals surface area (Å²) in [6.07, 6.45) is 0. The number of para-hydroxylation sites is 1. The van der Waals surface area contributed by atoms with E-state index in [0.717, 1.165) is 11.1 Å². The molecule has 0 heterocycles. The van der Waals surface area contributed by atoms with Gasteiger partial charge in [0, 0.05) is 24.2 Å². The van der Waals surface area contributed by atoms with Crippen LogP contribution in [0.15, 0.2) is 18.2 Å². The number of hydrogen-bond donors (Lipinski definition) is 1. The van der Waals surface area contributed by atoms with E-state index in [1.165, 1.54) is 4.90 Å². The van der Waals surface area contributed by atoms with Crippen molar-refractivity contribution in [2.45, 2.75) is 33.7 Å². The molecule has 0 saturated carbocycles. The second kappa shape index (κ2) is 5.29. The van der Waals surface area contributed by atoms with Crippen LogP contribution in [0.3, 0.4) is 0 Å². The fourth-order valence-corrected chi connectivity index (χ4v) is 1.67. The molecule has 2 amide bonds. The van der Waals surface area contributed by atoms with Gasteiger partial charge in [-0.05, 0) is 27.7 Å². The minimum atomic E-state index is -0.447. The molecule has 4 heteroatoms. The smallest absolute Gasteiger partial charge is 0.422 e. The molecule has 0 saturated heterocycles. The van der Waals surface area contributed by atoms with Gasteiger partial charge < -0.3 is 5.21 Å². The van der Waals surface area contributed by atoms with Crippen molar-refractivity contribution >= 4 is 11.7 Å². The van der Waals surface area contributed by atoms with E-state index in [9.17, 15) is 10.0 Å². The van der Waals surface area contributed by atoms with Crippen LogP contribution in [0, 0.1) is 19.1 Å². The van der Waals surface area contributed by atoms with Crippen molar-refractivity contribution < 1.29 is 9.86 Å². The monoisotopic (exact) mass is 236 g/mol. The first-order valence-electron chi connectivity index (χ1n) is 5.74. The first-order valence-corrected chi connectivity index (χ1v) is 5.74. The van der Waals surface area contributed by atoms with Crippen LogP contribution < -0.4 is 5.06 Å². The number of nitrogens with one attached hydrogen (secondary N) is 1. The Hall–Kier alpha value is -1.39. The number of aryl methyl sites for hydroxylation is 2. The second-order valence-corrected chi connectivity index (χ2v) is 4.61. The molecule has 94 valence electrons. The van der Waals surface area contributed by atoms with Crippen molar-refractivity contribution in [2.75, 3.05) is 7.05 Å². The SMILES string of the molecule is Cc1cccc(C)c1[NH+]([O-])C(=O)N(C)C(C)C. The van der Waals surface area contributed by atoms with E-state index in [0.29, 0.717) is 5.69 Å². The molecule has 4 nitrogen and oxygen atoms in total. The highest BCUT2D eigenvalue weighted by Gasteiger charge is 2.23. The summed E-state index contributed by atoms with van der Waals surface area (Å²) >= 11 is 0. The Kier molecular flexibility index (Phi) is 4.26. The van der Waals surface area contributed by atoms with Crippen molar-refractivity contribution in [3.8, 4) is 0 Å². The Labute approximate surface area is 102 Å². The fraction of sp³-hybridized carbons (Fsp3) is 0.462. The number of rotatable bonds is 2. The highest BCUT2D eigenvalue weighted by Crippen LogP contribution is 2.15. The number of carbonyl (C=O) groups excluding carboxylic acids is 1. The predicted octanol–water partition coefficient (Wildman–Crippen LogP) is 1.78. The van der Waals surface area contributed by atoms with Crippen molar-refractivity contribution in [3.63, 3.8) is 0 Å². The maximum atomic E-state index is 12.1. The molecule has 0 aliphatic rings. The maximum absolute atomic E-state index is 12.1. The number of nitrogens with zero attached hydrogens (tertiary/aromatic N) is 1. The number of hydrogen-bond acceptors (Lipinski definition) is 2. The van der Waals surface area contributed by atoms with E-state index in [4.69, 9.17) is 0 Å². The van der Waals surface area contributed by atoms with Gasteiger partial charge in [-0.2, -0.15) is 0 Å². The molecular formula is C13H20N2O2. The molecule has 0 radical (unpaired) electrons. The van der Waals surface area contributed by atoms with Crippen molar-refractivity contribution in [3.05, 3.63) is 34.5 Å². The van der Waals surface area contributed by atoms with Gasteiger partial charge in [-0.15, -0.1) is 0 Å². The van der Waals surface area contributed by atoms with Crippen LogP contribution in [-0.2, 0) is 0 Å². The molecule has 1 unspecified atom stereocenters. The molecule has 1 aromatic carbocycles. The van der Waals surface area contributed by atoms with Gasteiger partial charge in [-0.1, -0.05) is 18.2 Å². The molecular weight excluding hydrogens is 216 g/mol. The Morgan fingerprint density at radius 3 is 2.18 bits per heavy atom. The minimum absolute atomic E-state index is 0.0239. The van der Waals surface area contributed by atoms with E-state index >= 15 is 0 Å². The highest BCUT2D eigenvalue weighted by atomic mass is 16.5. The summed E-state index contributed by atoms with van der Waals surface area (Å²) in [7, 11) is 1.65. The van der Waals surface area contributed by atoms with Crippen LogP contribution in [0.5, 0.6) is 0 Å². The number of benzene rings is 1. The standard InChI is InChI=1S/C13H20N2O2/c1-9(2)14(5)13(16)15(17)12-10(3)7-6-8-11(12)4/h6-9,15H,1-5H3. The van der Waals surface area contributed by atoms with Gasteiger partial charge >= 0.3 is 6.03 Å². The molecule has 1 atom stereocenters.